The summed E-state index contributed by atoms with van der Waals surface area (Å²) in [6.07, 6.45) is -1.92. The SMILES string of the molecule is CCCNC(CN(CC(F)(F)F)C1CC1)C(N)=O. The van der Waals surface area contributed by atoms with Crippen LogP contribution >= 0.6 is 0 Å². The molecule has 1 saturated carbocycles. The molecule has 0 aliphatic heterocycles. The van der Waals surface area contributed by atoms with Gasteiger partial charge in [0.1, 0.15) is 0 Å². The van der Waals surface area contributed by atoms with E-state index in [9.17, 15) is 18.0 Å². The number of amides is 1. The predicted molar refractivity (Wildman–Crippen MR) is 61.9 cm³/mol. The van der Waals surface area contributed by atoms with E-state index in [1.54, 1.807) is 0 Å². The maximum Gasteiger partial charge on any atom is 0.401 e. The fourth-order valence-corrected chi connectivity index (χ4v) is 1.82. The lowest BCUT2D eigenvalue weighted by Gasteiger charge is -2.27. The number of rotatable bonds is 8. The summed E-state index contributed by atoms with van der Waals surface area (Å²) < 4.78 is 37.3. The van der Waals surface area contributed by atoms with Crippen LogP contribution in [0.4, 0.5) is 13.2 Å². The number of alkyl halides is 3. The molecule has 0 saturated heterocycles. The predicted octanol–water partition coefficient (Wildman–Crippen LogP) is 0.867. The van der Waals surface area contributed by atoms with Crippen molar-refractivity contribution >= 4 is 5.91 Å². The number of carbonyl (C=O) groups excluding carboxylic acids is 1. The van der Waals surface area contributed by atoms with E-state index in [1.165, 1.54) is 4.90 Å². The maximum atomic E-state index is 12.4. The Morgan fingerprint density at radius 2 is 2.11 bits per heavy atom. The minimum Gasteiger partial charge on any atom is -0.368 e. The minimum atomic E-state index is -4.24. The van der Waals surface area contributed by atoms with Crippen LogP contribution in [0.15, 0.2) is 0 Å². The second-order valence-corrected chi connectivity index (χ2v) is 4.68. The van der Waals surface area contributed by atoms with Gasteiger partial charge in [-0.1, -0.05) is 6.92 Å². The second kappa shape index (κ2) is 6.38. The Morgan fingerprint density at radius 1 is 1.50 bits per heavy atom. The number of nitrogens with zero attached hydrogens (tertiary/aromatic N) is 1. The lowest BCUT2D eigenvalue weighted by Crippen LogP contribution is -2.51. The van der Waals surface area contributed by atoms with Crippen LogP contribution in [-0.2, 0) is 4.79 Å². The van der Waals surface area contributed by atoms with Gasteiger partial charge in [0.05, 0.1) is 12.6 Å². The second-order valence-electron chi connectivity index (χ2n) is 4.68. The van der Waals surface area contributed by atoms with Gasteiger partial charge in [-0.05, 0) is 25.8 Å². The minimum absolute atomic E-state index is 0.0273. The molecular formula is C11H20F3N3O. The Labute approximate surface area is 105 Å². The van der Waals surface area contributed by atoms with E-state index in [2.05, 4.69) is 5.32 Å². The Kier molecular flexibility index (Phi) is 5.40. The van der Waals surface area contributed by atoms with Gasteiger partial charge in [-0.15, -0.1) is 0 Å². The van der Waals surface area contributed by atoms with Crippen LogP contribution < -0.4 is 11.1 Å². The van der Waals surface area contributed by atoms with E-state index < -0.39 is 24.7 Å². The number of hydrogen-bond donors (Lipinski definition) is 2. The van der Waals surface area contributed by atoms with Crippen molar-refractivity contribution in [2.75, 3.05) is 19.6 Å². The van der Waals surface area contributed by atoms with Gasteiger partial charge >= 0.3 is 6.18 Å². The van der Waals surface area contributed by atoms with Gasteiger partial charge in [0, 0.05) is 12.6 Å². The van der Waals surface area contributed by atoms with E-state index in [1.807, 2.05) is 6.92 Å². The third-order valence-electron chi connectivity index (χ3n) is 2.85. The van der Waals surface area contributed by atoms with Crippen molar-refractivity contribution in [2.45, 2.75) is 44.4 Å². The number of primary amides is 1. The van der Waals surface area contributed by atoms with Crippen molar-refractivity contribution in [2.24, 2.45) is 5.73 Å². The quantitative estimate of drug-likeness (QED) is 0.686. The normalized spacial score (nSPS) is 18.1. The molecule has 0 aromatic heterocycles. The maximum absolute atomic E-state index is 12.4. The van der Waals surface area contributed by atoms with Crippen molar-refractivity contribution in [3.05, 3.63) is 0 Å². The van der Waals surface area contributed by atoms with E-state index >= 15 is 0 Å². The molecule has 0 bridgehead atoms. The zero-order valence-electron chi connectivity index (χ0n) is 10.5. The van der Waals surface area contributed by atoms with Gasteiger partial charge in [-0.25, -0.2) is 0 Å². The zero-order chi connectivity index (χ0) is 13.8. The molecule has 1 aliphatic rings. The molecule has 0 aromatic carbocycles. The van der Waals surface area contributed by atoms with Gasteiger partial charge < -0.3 is 11.1 Å². The Balaban J connectivity index is 2.53. The Morgan fingerprint density at radius 3 is 2.50 bits per heavy atom. The van der Waals surface area contributed by atoms with E-state index in [4.69, 9.17) is 5.73 Å². The van der Waals surface area contributed by atoms with Crippen molar-refractivity contribution in [3.8, 4) is 0 Å². The summed E-state index contributed by atoms with van der Waals surface area (Å²) in [4.78, 5) is 12.5. The summed E-state index contributed by atoms with van der Waals surface area (Å²) >= 11 is 0. The molecule has 0 spiro atoms. The largest absolute Gasteiger partial charge is 0.401 e. The average molecular weight is 267 g/mol. The van der Waals surface area contributed by atoms with Crippen LogP contribution in [-0.4, -0.2) is 48.7 Å². The first-order valence-corrected chi connectivity index (χ1v) is 6.17. The fourth-order valence-electron chi connectivity index (χ4n) is 1.82. The van der Waals surface area contributed by atoms with Crippen LogP contribution in [0, 0.1) is 0 Å². The lowest BCUT2D eigenvalue weighted by molar-refractivity contribution is -0.149. The molecule has 4 nitrogen and oxygen atoms in total. The van der Waals surface area contributed by atoms with Gasteiger partial charge in [-0.3, -0.25) is 9.69 Å². The monoisotopic (exact) mass is 267 g/mol. The number of halogens is 3. The van der Waals surface area contributed by atoms with Crippen molar-refractivity contribution in [1.29, 1.82) is 0 Å². The van der Waals surface area contributed by atoms with Crippen LogP contribution in [0.5, 0.6) is 0 Å². The van der Waals surface area contributed by atoms with E-state index in [-0.39, 0.29) is 12.6 Å². The molecule has 0 aromatic rings. The van der Waals surface area contributed by atoms with Crippen molar-refractivity contribution in [3.63, 3.8) is 0 Å². The topological polar surface area (TPSA) is 58.4 Å². The molecule has 7 heteroatoms. The molecule has 1 fully saturated rings. The highest BCUT2D eigenvalue weighted by Gasteiger charge is 2.39. The number of hydrogen-bond acceptors (Lipinski definition) is 3. The number of nitrogens with two attached hydrogens (primary N) is 1. The summed E-state index contributed by atoms with van der Waals surface area (Å²) in [5, 5.41) is 2.88. The highest BCUT2D eigenvalue weighted by molar-refractivity contribution is 5.80. The first-order valence-electron chi connectivity index (χ1n) is 6.17. The highest BCUT2D eigenvalue weighted by atomic mass is 19.4. The van der Waals surface area contributed by atoms with Crippen LogP contribution in [0.3, 0.4) is 0 Å². The highest BCUT2D eigenvalue weighted by Crippen LogP contribution is 2.30. The average Bonchev–Trinajstić information content (AvgIpc) is 3.03. The molecule has 106 valence electrons. The molecule has 0 radical (unpaired) electrons. The summed E-state index contributed by atoms with van der Waals surface area (Å²) in [6, 6.07) is -0.773. The first kappa shape index (κ1) is 15.2. The van der Waals surface area contributed by atoms with Gasteiger partial charge in [0.15, 0.2) is 0 Å². The molecule has 1 rings (SSSR count). The smallest absolute Gasteiger partial charge is 0.368 e. The Bertz CT molecular complexity index is 279. The molecule has 1 unspecified atom stereocenters. The molecule has 3 N–H and O–H groups in total. The first-order chi connectivity index (χ1) is 8.33. The van der Waals surface area contributed by atoms with Crippen LogP contribution in [0.25, 0.3) is 0 Å². The number of nitrogens with one attached hydrogen (secondary N) is 1. The molecule has 18 heavy (non-hydrogen) atoms. The number of carbonyl (C=O) groups is 1. The summed E-state index contributed by atoms with van der Waals surface area (Å²) in [6.45, 7) is 1.53. The molecule has 0 heterocycles. The summed E-state index contributed by atoms with van der Waals surface area (Å²) in [5.74, 6) is -0.601. The lowest BCUT2D eigenvalue weighted by atomic mass is 10.2. The third-order valence-corrected chi connectivity index (χ3v) is 2.85. The summed E-state index contributed by atoms with van der Waals surface area (Å²) in [5.41, 5.74) is 5.20. The van der Waals surface area contributed by atoms with Crippen LogP contribution in [0.2, 0.25) is 0 Å². The van der Waals surface area contributed by atoms with Crippen LogP contribution in [0.1, 0.15) is 26.2 Å². The standard InChI is InChI=1S/C11H20F3N3O/c1-2-5-16-9(10(15)18)6-17(8-3-4-8)7-11(12,13)14/h8-9,16H,2-7H2,1H3,(H2,15,18). The molecule has 1 aliphatic carbocycles. The van der Waals surface area contributed by atoms with Crippen molar-refractivity contribution < 1.29 is 18.0 Å². The van der Waals surface area contributed by atoms with Crippen molar-refractivity contribution in [1.82, 2.24) is 10.2 Å². The molecule has 1 atom stereocenters. The molecule has 1 amide bonds. The Hall–Kier alpha value is -0.820. The molecular weight excluding hydrogens is 247 g/mol. The van der Waals surface area contributed by atoms with Gasteiger partial charge in [0.25, 0.3) is 0 Å². The summed E-state index contributed by atoms with van der Waals surface area (Å²) in [7, 11) is 0. The third kappa shape index (κ3) is 5.68. The van der Waals surface area contributed by atoms with E-state index in [0.717, 1.165) is 19.3 Å². The fraction of sp³-hybridized carbons (Fsp3) is 0.909. The van der Waals surface area contributed by atoms with E-state index in [0.29, 0.717) is 6.54 Å². The zero-order valence-corrected chi connectivity index (χ0v) is 10.5. The van der Waals surface area contributed by atoms with Gasteiger partial charge in [-0.2, -0.15) is 13.2 Å². The van der Waals surface area contributed by atoms with Gasteiger partial charge in [0.2, 0.25) is 5.91 Å².